The molecule has 0 atom stereocenters. The third-order valence-electron chi connectivity index (χ3n) is 14.7. The molecule has 0 aliphatic heterocycles. The summed E-state index contributed by atoms with van der Waals surface area (Å²) in [6.07, 6.45) is 0. The van der Waals surface area contributed by atoms with Gasteiger partial charge in [0.25, 0.3) is 0 Å². The Balaban J connectivity index is 1.08. The van der Waals surface area contributed by atoms with E-state index >= 15 is 0 Å². The van der Waals surface area contributed by atoms with E-state index in [0.717, 1.165) is 92.9 Å². The topological polar surface area (TPSA) is 61.7 Å². The molecule has 6 nitrogen and oxygen atoms in total. The highest BCUT2D eigenvalue weighted by Gasteiger charge is 2.27. The third kappa shape index (κ3) is 5.62. The summed E-state index contributed by atoms with van der Waals surface area (Å²) in [6.45, 7) is 0. The second-order valence-corrected chi connectivity index (χ2v) is 19.7. The van der Waals surface area contributed by atoms with Crippen LogP contribution in [0, 0.1) is 0 Å². The van der Waals surface area contributed by atoms with Gasteiger partial charge in [-0.15, -0.1) is 11.3 Å². The van der Waals surface area contributed by atoms with E-state index in [1.807, 2.05) is 12.1 Å². The first-order valence-corrected chi connectivity index (χ1v) is 25.1. The molecular weight excluding hydrogens is 899 g/mol. The van der Waals surface area contributed by atoms with Gasteiger partial charge in [0.1, 0.15) is 11.2 Å². The van der Waals surface area contributed by atoms with Crippen LogP contribution in [0.5, 0.6) is 0 Å². The predicted molar refractivity (Wildman–Crippen MR) is 300 cm³/mol. The monoisotopic (exact) mass is 935 g/mol. The van der Waals surface area contributed by atoms with Gasteiger partial charge < -0.3 is 13.6 Å². The van der Waals surface area contributed by atoms with Crippen LogP contribution in [0.1, 0.15) is 0 Å². The van der Waals surface area contributed by atoms with Gasteiger partial charge in [0, 0.05) is 69.3 Å². The van der Waals surface area contributed by atoms with Gasteiger partial charge >= 0.3 is 0 Å². The predicted octanol–water partition coefficient (Wildman–Crippen LogP) is 17.6. The Morgan fingerprint density at radius 3 is 1.88 bits per heavy atom. The highest BCUT2D eigenvalue weighted by atomic mass is 32.1. The summed E-state index contributed by atoms with van der Waals surface area (Å²) in [6, 6.07) is 80.2. The number of aromatic nitrogens is 5. The zero-order valence-corrected chi connectivity index (χ0v) is 39.2. The highest BCUT2D eigenvalue weighted by Crippen LogP contribution is 2.47. The molecule has 0 radical (unpaired) electrons. The molecule has 0 N–H and O–H groups in total. The van der Waals surface area contributed by atoms with E-state index in [4.69, 9.17) is 19.4 Å². The molecule has 0 saturated heterocycles. The Bertz CT molecular complexity index is 4940. The molecule has 16 aromatic rings. The zero-order chi connectivity index (χ0) is 47.0. The van der Waals surface area contributed by atoms with Crippen molar-refractivity contribution in [3.63, 3.8) is 0 Å². The van der Waals surface area contributed by atoms with Crippen LogP contribution >= 0.6 is 11.3 Å². The summed E-state index contributed by atoms with van der Waals surface area (Å²) in [4.78, 5) is 17.1. The summed E-state index contributed by atoms with van der Waals surface area (Å²) < 4.78 is 13.9. The molecule has 5 heterocycles. The number of thiophene rings is 1. The lowest BCUT2D eigenvalue weighted by Gasteiger charge is -2.17. The molecule has 0 aliphatic rings. The SMILES string of the molecule is c1ccc(-n2c3ccccc3c3cccc(-c4nc(-c5cccc6c5sc5ccccc56)nc(-c5c(-n6c7cc8ccccc8cc7c7c8ccccc8ccc76)ccc6oc7ccccc7c56)n4)c32)cc1. The van der Waals surface area contributed by atoms with Crippen LogP contribution in [0.3, 0.4) is 0 Å². The van der Waals surface area contributed by atoms with E-state index in [-0.39, 0.29) is 0 Å². The molecule has 11 aromatic carbocycles. The van der Waals surface area contributed by atoms with Crippen molar-refractivity contribution in [3.05, 3.63) is 224 Å². The lowest BCUT2D eigenvalue weighted by molar-refractivity contribution is 0.669. The Morgan fingerprint density at radius 1 is 0.361 bits per heavy atom. The highest BCUT2D eigenvalue weighted by molar-refractivity contribution is 7.26. The molecule has 334 valence electrons. The fourth-order valence-corrected chi connectivity index (χ4v) is 12.9. The van der Waals surface area contributed by atoms with Crippen molar-refractivity contribution in [1.29, 1.82) is 0 Å². The van der Waals surface area contributed by atoms with Gasteiger partial charge in [-0.1, -0.05) is 152 Å². The Kier molecular flexibility index (Phi) is 8.23. The van der Waals surface area contributed by atoms with Crippen molar-refractivity contribution in [2.75, 3.05) is 0 Å². The van der Waals surface area contributed by atoms with Gasteiger partial charge in [-0.3, -0.25) is 0 Å². The van der Waals surface area contributed by atoms with Crippen LogP contribution in [-0.4, -0.2) is 24.1 Å². The normalized spacial score (nSPS) is 12.2. The number of hydrogen-bond donors (Lipinski definition) is 0. The molecule has 16 rings (SSSR count). The number of para-hydroxylation sites is 4. The van der Waals surface area contributed by atoms with Crippen LogP contribution in [0.25, 0.3) is 153 Å². The Labute approximate surface area is 414 Å². The summed E-state index contributed by atoms with van der Waals surface area (Å²) >= 11 is 1.78. The van der Waals surface area contributed by atoms with E-state index in [1.165, 1.54) is 42.4 Å². The minimum Gasteiger partial charge on any atom is -0.456 e. The summed E-state index contributed by atoms with van der Waals surface area (Å²) in [5.74, 6) is 1.73. The van der Waals surface area contributed by atoms with E-state index in [2.05, 4.69) is 221 Å². The van der Waals surface area contributed by atoms with Crippen molar-refractivity contribution < 1.29 is 4.42 Å². The number of fused-ring (bicyclic) bond motifs is 15. The van der Waals surface area contributed by atoms with Crippen molar-refractivity contribution in [3.8, 4) is 45.5 Å². The molecule has 72 heavy (non-hydrogen) atoms. The lowest BCUT2D eigenvalue weighted by atomic mass is 10.0. The number of rotatable bonds is 5. The quantitative estimate of drug-likeness (QED) is 0.172. The molecule has 5 aromatic heterocycles. The molecule has 0 saturated carbocycles. The van der Waals surface area contributed by atoms with E-state index in [0.29, 0.717) is 17.5 Å². The first-order chi connectivity index (χ1) is 35.7. The van der Waals surface area contributed by atoms with Gasteiger partial charge in [0.2, 0.25) is 0 Å². The van der Waals surface area contributed by atoms with E-state index in [9.17, 15) is 0 Å². The maximum atomic E-state index is 6.77. The third-order valence-corrected chi connectivity index (χ3v) is 16.0. The first-order valence-electron chi connectivity index (χ1n) is 24.3. The summed E-state index contributed by atoms with van der Waals surface area (Å²) in [7, 11) is 0. The average molecular weight is 936 g/mol. The lowest BCUT2D eigenvalue weighted by Crippen LogP contribution is -2.05. The fraction of sp³-hybridized carbons (Fsp3) is 0. The second-order valence-electron chi connectivity index (χ2n) is 18.6. The molecule has 0 spiro atoms. The van der Waals surface area contributed by atoms with Gasteiger partial charge in [-0.05, 0) is 94.3 Å². The van der Waals surface area contributed by atoms with Gasteiger partial charge in [-0.2, -0.15) is 0 Å². The van der Waals surface area contributed by atoms with Crippen molar-refractivity contribution in [2.45, 2.75) is 0 Å². The van der Waals surface area contributed by atoms with Crippen molar-refractivity contribution in [1.82, 2.24) is 24.1 Å². The number of furan rings is 1. The minimum absolute atomic E-state index is 0.552. The van der Waals surface area contributed by atoms with Gasteiger partial charge in [0.05, 0.1) is 33.3 Å². The van der Waals surface area contributed by atoms with Crippen molar-refractivity contribution in [2.24, 2.45) is 0 Å². The number of hydrogen-bond acceptors (Lipinski definition) is 5. The van der Waals surface area contributed by atoms with Crippen LogP contribution in [-0.2, 0) is 0 Å². The zero-order valence-electron chi connectivity index (χ0n) is 38.4. The van der Waals surface area contributed by atoms with Gasteiger partial charge in [0.15, 0.2) is 17.5 Å². The number of benzene rings is 11. The van der Waals surface area contributed by atoms with Crippen LogP contribution in [0.15, 0.2) is 229 Å². The minimum atomic E-state index is 0.552. The largest absolute Gasteiger partial charge is 0.456 e. The molecular formula is C65H37N5OS. The molecule has 0 fully saturated rings. The van der Waals surface area contributed by atoms with Crippen LogP contribution < -0.4 is 0 Å². The van der Waals surface area contributed by atoms with Crippen LogP contribution in [0.2, 0.25) is 0 Å². The van der Waals surface area contributed by atoms with E-state index < -0.39 is 0 Å². The Hall–Kier alpha value is -9.43. The van der Waals surface area contributed by atoms with Crippen molar-refractivity contribution >= 4 is 119 Å². The maximum Gasteiger partial charge on any atom is 0.166 e. The average Bonchev–Trinajstić information content (AvgIpc) is 4.20. The van der Waals surface area contributed by atoms with Gasteiger partial charge in [-0.25, -0.2) is 15.0 Å². The van der Waals surface area contributed by atoms with Crippen LogP contribution in [0.4, 0.5) is 0 Å². The Morgan fingerprint density at radius 2 is 1.01 bits per heavy atom. The molecule has 0 unspecified atom stereocenters. The standard InChI is InChI=1S/C65H37N5OS/c1-2-19-41(20-3-1)69-51-29-11-8-22-43(51)45-25-14-27-48(61(45)69)63-66-64(49-28-15-26-46-44-23-10-13-31-57(44)72-62(46)49)68-65(67-63)60-53(34-35-56-59(60)47-24-9-12-30-55(47)71-56)70-52-33-32-38-16-6-7-21-42(38)58(52)50-36-39-17-4-5-18-40(39)37-54(50)70/h1-37H. The molecule has 0 aliphatic carbocycles. The summed E-state index contributed by atoms with van der Waals surface area (Å²) in [5, 5.41) is 13.7. The fourth-order valence-electron chi connectivity index (χ4n) is 11.6. The first kappa shape index (κ1) is 39.4. The molecule has 7 heteroatoms. The van der Waals surface area contributed by atoms with E-state index in [1.54, 1.807) is 11.3 Å². The maximum absolute atomic E-state index is 6.77. The second kappa shape index (κ2) is 15.0. The smallest absolute Gasteiger partial charge is 0.166 e. The number of nitrogens with zero attached hydrogens (tertiary/aromatic N) is 5. The molecule has 0 bridgehead atoms. The summed E-state index contributed by atoms with van der Waals surface area (Å²) in [5.41, 5.74) is 10.6. The molecule has 0 amide bonds.